The van der Waals surface area contributed by atoms with Gasteiger partial charge in [0.15, 0.2) is 0 Å². The molecule has 0 bridgehead atoms. The average molecular weight is 447 g/mol. The molecule has 0 saturated heterocycles. The van der Waals surface area contributed by atoms with Crippen molar-refractivity contribution in [2.24, 2.45) is 0 Å². The van der Waals surface area contributed by atoms with E-state index in [0.29, 0.717) is 22.2 Å². The Bertz CT molecular complexity index is 890. The number of carbonyl (C=O) groups is 2. The SMILES string of the molecule is Cc1ccccc1CN(C(=O)Cc1c(Cl)cccc1Cl)[C@H](C)C(=O)NC1CCCC1. The van der Waals surface area contributed by atoms with Gasteiger partial charge in [-0.3, -0.25) is 9.59 Å². The normalized spacial score (nSPS) is 15.1. The fourth-order valence-corrected chi connectivity index (χ4v) is 4.43. The second kappa shape index (κ2) is 10.3. The molecule has 0 heterocycles. The molecule has 160 valence electrons. The van der Waals surface area contributed by atoms with E-state index >= 15 is 0 Å². The first-order valence-corrected chi connectivity index (χ1v) is 11.2. The van der Waals surface area contributed by atoms with E-state index in [1.165, 1.54) is 0 Å². The van der Waals surface area contributed by atoms with E-state index in [-0.39, 0.29) is 24.3 Å². The van der Waals surface area contributed by atoms with Gasteiger partial charge in [0.1, 0.15) is 6.04 Å². The summed E-state index contributed by atoms with van der Waals surface area (Å²) in [6.45, 7) is 4.15. The zero-order valence-electron chi connectivity index (χ0n) is 17.5. The van der Waals surface area contributed by atoms with Crippen LogP contribution < -0.4 is 5.32 Å². The first-order valence-electron chi connectivity index (χ1n) is 10.4. The van der Waals surface area contributed by atoms with Crippen LogP contribution in [-0.2, 0) is 22.6 Å². The Balaban J connectivity index is 1.83. The molecule has 0 spiro atoms. The van der Waals surface area contributed by atoms with Crippen LogP contribution in [0.15, 0.2) is 42.5 Å². The second-order valence-electron chi connectivity index (χ2n) is 7.99. The van der Waals surface area contributed by atoms with Crippen molar-refractivity contribution in [3.8, 4) is 0 Å². The highest BCUT2D eigenvalue weighted by molar-refractivity contribution is 6.36. The topological polar surface area (TPSA) is 49.4 Å². The van der Waals surface area contributed by atoms with Gasteiger partial charge >= 0.3 is 0 Å². The lowest BCUT2D eigenvalue weighted by molar-refractivity contribution is -0.140. The molecule has 3 rings (SSSR count). The molecule has 1 saturated carbocycles. The smallest absolute Gasteiger partial charge is 0.242 e. The molecule has 1 aliphatic rings. The van der Waals surface area contributed by atoms with Gasteiger partial charge in [-0.05, 0) is 55.5 Å². The zero-order chi connectivity index (χ0) is 21.7. The quantitative estimate of drug-likeness (QED) is 0.625. The third kappa shape index (κ3) is 5.55. The maximum atomic E-state index is 13.3. The van der Waals surface area contributed by atoms with Crippen LogP contribution in [0.5, 0.6) is 0 Å². The molecule has 4 nitrogen and oxygen atoms in total. The zero-order valence-corrected chi connectivity index (χ0v) is 19.0. The van der Waals surface area contributed by atoms with Crippen molar-refractivity contribution in [3.63, 3.8) is 0 Å². The number of halogens is 2. The summed E-state index contributed by atoms with van der Waals surface area (Å²) in [6.07, 6.45) is 4.32. The fourth-order valence-electron chi connectivity index (χ4n) is 3.90. The minimum atomic E-state index is -0.598. The first kappa shape index (κ1) is 22.6. The highest BCUT2D eigenvalue weighted by Gasteiger charge is 2.29. The Morgan fingerprint density at radius 1 is 1.07 bits per heavy atom. The number of carbonyl (C=O) groups excluding carboxylic acids is 2. The van der Waals surface area contributed by atoms with E-state index in [1.54, 1.807) is 30.0 Å². The third-order valence-electron chi connectivity index (χ3n) is 5.86. The van der Waals surface area contributed by atoms with Crippen molar-refractivity contribution in [2.75, 3.05) is 0 Å². The van der Waals surface area contributed by atoms with Crippen LogP contribution in [0, 0.1) is 6.92 Å². The van der Waals surface area contributed by atoms with Gasteiger partial charge in [-0.1, -0.05) is 66.4 Å². The van der Waals surface area contributed by atoms with E-state index in [0.717, 1.165) is 36.8 Å². The minimum absolute atomic E-state index is 0.0471. The Kier molecular flexibility index (Phi) is 7.79. The molecule has 2 aromatic carbocycles. The number of hydrogen-bond donors (Lipinski definition) is 1. The summed E-state index contributed by atoms with van der Waals surface area (Å²) < 4.78 is 0. The molecule has 30 heavy (non-hydrogen) atoms. The molecule has 2 aromatic rings. The lowest BCUT2D eigenvalue weighted by atomic mass is 10.1. The summed E-state index contributed by atoms with van der Waals surface area (Å²) in [7, 11) is 0. The number of rotatable bonds is 7. The number of benzene rings is 2. The largest absolute Gasteiger partial charge is 0.352 e. The predicted molar refractivity (Wildman–Crippen MR) is 122 cm³/mol. The molecule has 1 N–H and O–H groups in total. The highest BCUT2D eigenvalue weighted by atomic mass is 35.5. The average Bonchev–Trinajstić information content (AvgIpc) is 3.22. The van der Waals surface area contributed by atoms with E-state index in [1.807, 2.05) is 31.2 Å². The Morgan fingerprint density at radius 2 is 1.70 bits per heavy atom. The summed E-state index contributed by atoms with van der Waals surface area (Å²) >= 11 is 12.6. The molecule has 2 amide bonds. The maximum Gasteiger partial charge on any atom is 0.242 e. The molecule has 1 aliphatic carbocycles. The molecule has 6 heteroatoms. The van der Waals surface area contributed by atoms with E-state index in [9.17, 15) is 9.59 Å². The van der Waals surface area contributed by atoms with E-state index in [2.05, 4.69) is 5.32 Å². The van der Waals surface area contributed by atoms with Gasteiger partial charge in [0.25, 0.3) is 0 Å². The van der Waals surface area contributed by atoms with Crippen LogP contribution in [-0.4, -0.2) is 28.8 Å². The molecule has 1 atom stereocenters. The van der Waals surface area contributed by atoms with Crippen LogP contribution in [0.25, 0.3) is 0 Å². The van der Waals surface area contributed by atoms with Crippen LogP contribution >= 0.6 is 23.2 Å². The lowest BCUT2D eigenvalue weighted by Gasteiger charge is -2.30. The minimum Gasteiger partial charge on any atom is -0.352 e. The first-order chi connectivity index (χ1) is 14.4. The van der Waals surface area contributed by atoms with E-state index < -0.39 is 6.04 Å². The Morgan fingerprint density at radius 3 is 2.33 bits per heavy atom. The van der Waals surface area contributed by atoms with Crippen molar-refractivity contribution < 1.29 is 9.59 Å². The van der Waals surface area contributed by atoms with Crippen molar-refractivity contribution >= 4 is 35.0 Å². The monoisotopic (exact) mass is 446 g/mol. The van der Waals surface area contributed by atoms with E-state index in [4.69, 9.17) is 23.2 Å². The summed E-state index contributed by atoms with van der Waals surface area (Å²) in [5.74, 6) is -0.295. The number of hydrogen-bond acceptors (Lipinski definition) is 2. The Labute approximate surface area is 188 Å². The maximum absolute atomic E-state index is 13.3. The molecule has 0 aliphatic heterocycles. The molecule has 0 radical (unpaired) electrons. The van der Waals surface area contributed by atoms with Crippen molar-refractivity contribution in [1.29, 1.82) is 0 Å². The number of amides is 2. The summed E-state index contributed by atoms with van der Waals surface area (Å²) in [5, 5.41) is 4.02. The van der Waals surface area contributed by atoms with Gasteiger partial charge in [0, 0.05) is 22.6 Å². The molecular formula is C24H28Cl2N2O2. The van der Waals surface area contributed by atoms with Crippen molar-refractivity contribution in [1.82, 2.24) is 10.2 Å². The van der Waals surface area contributed by atoms with Gasteiger partial charge in [0.05, 0.1) is 6.42 Å². The highest BCUT2D eigenvalue weighted by Crippen LogP contribution is 2.26. The van der Waals surface area contributed by atoms with Gasteiger partial charge in [-0.15, -0.1) is 0 Å². The lowest BCUT2D eigenvalue weighted by Crippen LogP contribution is -2.50. The predicted octanol–water partition coefficient (Wildman–Crippen LogP) is 5.32. The van der Waals surface area contributed by atoms with Crippen molar-refractivity contribution in [3.05, 3.63) is 69.2 Å². The third-order valence-corrected chi connectivity index (χ3v) is 6.57. The van der Waals surface area contributed by atoms with Gasteiger partial charge < -0.3 is 10.2 Å². The Hall–Kier alpha value is -2.04. The molecule has 0 aromatic heterocycles. The summed E-state index contributed by atoms with van der Waals surface area (Å²) in [4.78, 5) is 27.9. The summed E-state index contributed by atoms with van der Waals surface area (Å²) in [6, 6.07) is 12.7. The van der Waals surface area contributed by atoms with Crippen molar-refractivity contribution in [2.45, 2.75) is 64.6 Å². The fraction of sp³-hybridized carbons (Fsp3) is 0.417. The van der Waals surface area contributed by atoms with Gasteiger partial charge in [-0.2, -0.15) is 0 Å². The summed E-state index contributed by atoms with van der Waals surface area (Å²) in [5.41, 5.74) is 2.68. The number of aryl methyl sites for hydroxylation is 1. The van der Waals surface area contributed by atoms with Crippen LogP contribution in [0.2, 0.25) is 10.0 Å². The van der Waals surface area contributed by atoms with Crippen LogP contribution in [0.1, 0.15) is 49.3 Å². The second-order valence-corrected chi connectivity index (χ2v) is 8.81. The van der Waals surface area contributed by atoms with Crippen LogP contribution in [0.4, 0.5) is 0 Å². The van der Waals surface area contributed by atoms with Gasteiger partial charge in [-0.25, -0.2) is 0 Å². The molecular weight excluding hydrogens is 419 g/mol. The van der Waals surface area contributed by atoms with Crippen LogP contribution in [0.3, 0.4) is 0 Å². The molecule has 0 unspecified atom stereocenters. The standard InChI is InChI=1S/C24H28Cl2N2O2/c1-16-8-3-4-9-18(16)15-28(17(2)24(30)27-19-10-5-6-11-19)23(29)14-20-21(25)12-7-13-22(20)26/h3-4,7-9,12-13,17,19H,5-6,10-11,14-15H2,1-2H3,(H,27,30)/t17-/m1/s1. The number of nitrogens with one attached hydrogen (secondary N) is 1. The molecule has 1 fully saturated rings. The number of nitrogens with zero attached hydrogens (tertiary/aromatic N) is 1. The van der Waals surface area contributed by atoms with Gasteiger partial charge in [0.2, 0.25) is 11.8 Å².